The van der Waals surface area contributed by atoms with Crippen molar-refractivity contribution < 1.29 is 9.53 Å². The summed E-state index contributed by atoms with van der Waals surface area (Å²) >= 11 is 5.88. The summed E-state index contributed by atoms with van der Waals surface area (Å²) in [4.78, 5) is 28.8. The maximum absolute atomic E-state index is 12.5. The number of nitrogens with zero attached hydrogens (tertiary/aromatic N) is 2. The van der Waals surface area contributed by atoms with Crippen molar-refractivity contribution in [1.82, 2.24) is 14.9 Å². The van der Waals surface area contributed by atoms with E-state index in [-0.39, 0.29) is 18.0 Å². The highest BCUT2D eigenvalue weighted by atomic mass is 35.5. The number of hydrogen-bond donors (Lipinski definition) is 1. The minimum absolute atomic E-state index is 0.0904. The zero-order valence-corrected chi connectivity index (χ0v) is 15.0. The van der Waals surface area contributed by atoms with Gasteiger partial charge in [-0.25, -0.2) is 4.98 Å². The van der Waals surface area contributed by atoms with Gasteiger partial charge in [0.1, 0.15) is 18.9 Å². The van der Waals surface area contributed by atoms with E-state index in [1.807, 2.05) is 13.0 Å². The average Bonchev–Trinajstić information content (AvgIpc) is 2.62. The molecule has 1 aromatic heterocycles. The van der Waals surface area contributed by atoms with Crippen LogP contribution in [0.3, 0.4) is 0 Å². The van der Waals surface area contributed by atoms with E-state index in [0.29, 0.717) is 34.8 Å². The van der Waals surface area contributed by atoms with Crippen LogP contribution in [0, 0.1) is 6.92 Å². The van der Waals surface area contributed by atoms with Gasteiger partial charge < -0.3 is 10.1 Å². The van der Waals surface area contributed by atoms with Gasteiger partial charge in [0.15, 0.2) is 0 Å². The molecule has 0 aliphatic heterocycles. The minimum atomic E-state index is -0.282. The Labute approximate surface area is 155 Å². The lowest BCUT2D eigenvalue weighted by Crippen LogP contribution is -2.34. The van der Waals surface area contributed by atoms with Crippen molar-refractivity contribution in [2.75, 3.05) is 13.2 Å². The highest BCUT2D eigenvalue weighted by Crippen LogP contribution is 2.16. The summed E-state index contributed by atoms with van der Waals surface area (Å²) in [5, 5.41) is 3.81. The van der Waals surface area contributed by atoms with E-state index in [1.165, 1.54) is 10.9 Å². The number of fused-ring (bicyclic) bond motifs is 1. The van der Waals surface area contributed by atoms with Crippen molar-refractivity contribution in [3.05, 3.63) is 69.7 Å². The monoisotopic (exact) mass is 371 g/mol. The van der Waals surface area contributed by atoms with Gasteiger partial charge in [-0.1, -0.05) is 29.8 Å². The van der Waals surface area contributed by atoms with Crippen molar-refractivity contribution in [2.24, 2.45) is 0 Å². The smallest absolute Gasteiger partial charge is 0.261 e. The number of amides is 1. The standard InChI is InChI=1S/C19H18ClN3O3/c1-13-4-2-7-16-18(13)22-12-23(19(16)25)11-17(24)21-8-9-26-15-6-3-5-14(20)10-15/h2-7,10,12H,8-9,11H2,1H3,(H,21,24). The van der Waals surface area contributed by atoms with Crippen molar-refractivity contribution in [2.45, 2.75) is 13.5 Å². The van der Waals surface area contributed by atoms with Crippen LogP contribution in [0.5, 0.6) is 5.75 Å². The molecule has 0 atom stereocenters. The highest BCUT2D eigenvalue weighted by Gasteiger charge is 2.09. The Morgan fingerprint density at radius 2 is 2.08 bits per heavy atom. The third-order valence-electron chi connectivity index (χ3n) is 3.86. The van der Waals surface area contributed by atoms with Gasteiger partial charge in [0.05, 0.1) is 23.8 Å². The predicted octanol–water partition coefficient (Wildman–Crippen LogP) is 2.55. The fourth-order valence-corrected chi connectivity index (χ4v) is 2.76. The van der Waals surface area contributed by atoms with Crippen LogP contribution >= 0.6 is 11.6 Å². The van der Waals surface area contributed by atoms with Gasteiger partial charge in [-0.3, -0.25) is 14.2 Å². The van der Waals surface area contributed by atoms with E-state index in [0.717, 1.165) is 5.56 Å². The molecule has 3 rings (SSSR count). The third kappa shape index (κ3) is 4.21. The van der Waals surface area contributed by atoms with Gasteiger partial charge >= 0.3 is 0 Å². The maximum atomic E-state index is 12.5. The van der Waals surface area contributed by atoms with Gasteiger partial charge in [0.2, 0.25) is 5.91 Å². The lowest BCUT2D eigenvalue weighted by Gasteiger charge is -2.10. The molecular weight excluding hydrogens is 354 g/mol. The summed E-state index contributed by atoms with van der Waals surface area (Å²) < 4.78 is 6.80. The number of benzene rings is 2. The summed E-state index contributed by atoms with van der Waals surface area (Å²) in [6, 6.07) is 12.4. The third-order valence-corrected chi connectivity index (χ3v) is 4.09. The molecule has 134 valence electrons. The predicted molar refractivity (Wildman–Crippen MR) is 101 cm³/mol. The second-order valence-electron chi connectivity index (χ2n) is 5.80. The summed E-state index contributed by atoms with van der Waals surface area (Å²) in [6.45, 7) is 2.43. The lowest BCUT2D eigenvalue weighted by atomic mass is 10.1. The van der Waals surface area contributed by atoms with Gasteiger partial charge in [-0.15, -0.1) is 0 Å². The normalized spacial score (nSPS) is 10.7. The Bertz CT molecular complexity index is 1000. The number of aromatic nitrogens is 2. The number of para-hydroxylation sites is 1. The fourth-order valence-electron chi connectivity index (χ4n) is 2.58. The quantitative estimate of drug-likeness (QED) is 0.676. The molecule has 0 aliphatic carbocycles. The molecule has 2 aromatic carbocycles. The van der Waals surface area contributed by atoms with Crippen LogP contribution in [0.15, 0.2) is 53.6 Å². The van der Waals surface area contributed by atoms with E-state index >= 15 is 0 Å². The highest BCUT2D eigenvalue weighted by molar-refractivity contribution is 6.30. The number of rotatable bonds is 6. The molecule has 7 heteroatoms. The molecule has 1 amide bonds. The molecule has 0 fully saturated rings. The van der Waals surface area contributed by atoms with E-state index in [4.69, 9.17) is 16.3 Å². The average molecular weight is 372 g/mol. The van der Waals surface area contributed by atoms with Crippen LogP contribution in [0.2, 0.25) is 5.02 Å². The van der Waals surface area contributed by atoms with E-state index in [2.05, 4.69) is 10.3 Å². The summed E-state index contributed by atoms with van der Waals surface area (Å²) in [6.07, 6.45) is 1.40. The van der Waals surface area contributed by atoms with Gasteiger partial charge in [-0.2, -0.15) is 0 Å². The molecular formula is C19H18ClN3O3. The summed E-state index contributed by atoms with van der Waals surface area (Å²) in [5.41, 5.74) is 1.35. The van der Waals surface area contributed by atoms with Crippen LogP contribution in [-0.2, 0) is 11.3 Å². The molecule has 0 bridgehead atoms. The first-order valence-corrected chi connectivity index (χ1v) is 8.52. The van der Waals surface area contributed by atoms with Crippen LogP contribution in [-0.4, -0.2) is 28.6 Å². The second-order valence-corrected chi connectivity index (χ2v) is 6.24. The number of carbonyl (C=O) groups excluding carboxylic acids is 1. The molecule has 0 saturated carbocycles. The van der Waals surface area contributed by atoms with Gasteiger partial charge in [0.25, 0.3) is 5.56 Å². The van der Waals surface area contributed by atoms with E-state index in [9.17, 15) is 9.59 Å². The molecule has 0 radical (unpaired) electrons. The van der Waals surface area contributed by atoms with Gasteiger partial charge in [-0.05, 0) is 36.8 Å². The molecule has 3 aromatic rings. The Balaban J connectivity index is 1.56. The molecule has 26 heavy (non-hydrogen) atoms. The van der Waals surface area contributed by atoms with Crippen molar-refractivity contribution in [3.8, 4) is 5.75 Å². The Morgan fingerprint density at radius 3 is 2.88 bits per heavy atom. The molecule has 1 N–H and O–H groups in total. The number of aryl methyl sites for hydroxylation is 1. The SMILES string of the molecule is Cc1cccc2c(=O)n(CC(=O)NCCOc3cccc(Cl)c3)cnc12. The topological polar surface area (TPSA) is 73.2 Å². The maximum Gasteiger partial charge on any atom is 0.261 e. The minimum Gasteiger partial charge on any atom is -0.492 e. The van der Waals surface area contributed by atoms with Gasteiger partial charge in [0, 0.05) is 5.02 Å². The number of hydrogen-bond acceptors (Lipinski definition) is 4. The summed E-state index contributed by atoms with van der Waals surface area (Å²) in [7, 11) is 0. The van der Waals surface area contributed by atoms with Crippen molar-refractivity contribution >= 4 is 28.4 Å². The van der Waals surface area contributed by atoms with Crippen LogP contribution in [0.1, 0.15) is 5.56 Å². The number of carbonyl (C=O) groups is 1. The van der Waals surface area contributed by atoms with Crippen LogP contribution in [0.25, 0.3) is 10.9 Å². The zero-order valence-electron chi connectivity index (χ0n) is 14.2. The first kappa shape index (κ1) is 17.9. The summed E-state index contributed by atoms with van der Waals surface area (Å²) in [5.74, 6) is 0.354. The largest absolute Gasteiger partial charge is 0.492 e. The molecule has 0 unspecified atom stereocenters. The lowest BCUT2D eigenvalue weighted by molar-refractivity contribution is -0.121. The van der Waals surface area contributed by atoms with Crippen molar-refractivity contribution in [3.63, 3.8) is 0 Å². The molecule has 6 nitrogen and oxygen atoms in total. The second kappa shape index (κ2) is 8.01. The Morgan fingerprint density at radius 1 is 1.27 bits per heavy atom. The number of halogens is 1. The Kier molecular flexibility index (Phi) is 5.53. The molecule has 0 aliphatic rings. The first-order valence-electron chi connectivity index (χ1n) is 8.14. The van der Waals surface area contributed by atoms with Crippen LogP contribution in [0.4, 0.5) is 0 Å². The van der Waals surface area contributed by atoms with E-state index in [1.54, 1.807) is 36.4 Å². The zero-order chi connectivity index (χ0) is 18.5. The number of nitrogens with one attached hydrogen (secondary N) is 1. The number of ether oxygens (including phenoxy) is 1. The molecule has 1 heterocycles. The van der Waals surface area contributed by atoms with E-state index < -0.39 is 0 Å². The fraction of sp³-hybridized carbons (Fsp3) is 0.211. The molecule has 0 saturated heterocycles. The van der Waals surface area contributed by atoms with Crippen molar-refractivity contribution in [1.29, 1.82) is 0 Å². The molecule has 0 spiro atoms. The Hall–Kier alpha value is -2.86. The first-order chi connectivity index (χ1) is 12.5. The van der Waals surface area contributed by atoms with Crippen LogP contribution < -0.4 is 15.6 Å².